The molecule has 1 aromatic carbocycles. The van der Waals surface area contributed by atoms with Gasteiger partial charge in [0.2, 0.25) is 5.88 Å². The van der Waals surface area contributed by atoms with Crippen molar-refractivity contribution in [1.82, 2.24) is 14.9 Å². The first kappa shape index (κ1) is 13.3. The molecule has 0 radical (unpaired) electrons. The van der Waals surface area contributed by atoms with Gasteiger partial charge in [-0.1, -0.05) is 30.3 Å². The van der Waals surface area contributed by atoms with Crippen LogP contribution in [0.5, 0.6) is 5.88 Å². The number of nitrogens with two attached hydrogens (primary N) is 1. The van der Waals surface area contributed by atoms with Gasteiger partial charge in [-0.05, 0) is 14.1 Å². The summed E-state index contributed by atoms with van der Waals surface area (Å²) in [5, 5.41) is 0. The van der Waals surface area contributed by atoms with Crippen LogP contribution in [0.2, 0.25) is 0 Å². The van der Waals surface area contributed by atoms with Crippen molar-refractivity contribution in [3.05, 3.63) is 36.4 Å². The molecule has 2 rings (SSSR count). The van der Waals surface area contributed by atoms with Crippen LogP contribution < -0.4 is 10.5 Å². The molecule has 0 saturated heterocycles. The summed E-state index contributed by atoms with van der Waals surface area (Å²) in [7, 11) is 3.99. The Hall–Kier alpha value is -2.14. The topological polar surface area (TPSA) is 64.3 Å². The number of ether oxygens (including phenoxy) is 1. The lowest BCUT2D eigenvalue weighted by Gasteiger charge is -2.11. The second kappa shape index (κ2) is 6.15. The van der Waals surface area contributed by atoms with Crippen molar-refractivity contribution in [2.75, 3.05) is 33.0 Å². The van der Waals surface area contributed by atoms with Crippen molar-refractivity contribution < 1.29 is 4.74 Å². The van der Waals surface area contributed by atoms with Gasteiger partial charge in [0.1, 0.15) is 12.4 Å². The molecule has 19 heavy (non-hydrogen) atoms. The molecule has 5 nitrogen and oxygen atoms in total. The van der Waals surface area contributed by atoms with Gasteiger partial charge in [0.15, 0.2) is 5.82 Å². The van der Waals surface area contributed by atoms with E-state index >= 15 is 0 Å². The minimum Gasteiger partial charge on any atom is -0.476 e. The third kappa shape index (κ3) is 3.93. The number of hydrogen-bond donors (Lipinski definition) is 1. The van der Waals surface area contributed by atoms with Crippen molar-refractivity contribution in [2.45, 2.75) is 0 Å². The summed E-state index contributed by atoms with van der Waals surface area (Å²) < 4.78 is 5.59. The fourth-order valence-electron chi connectivity index (χ4n) is 1.57. The third-order valence-electron chi connectivity index (χ3n) is 2.54. The van der Waals surface area contributed by atoms with Crippen LogP contribution in [0.1, 0.15) is 0 Å². The van der Waals surface area contributed by atoms with E-state index in [4.69, 9.17) is 10.5 Å². The Morgan fingerprint density at radius 3 is 2.58 bits per heavy atom. The maximum atomic E-state index is 5.79. The van der Waals surface area contributed by atoms with Gasteiger partial charge in [0.05, 0.1) is 0 Å². The van der Waals surface area contributed by atoms with E-state index in [9.17, 15) is 0 Å². The van der Waals surface area contributed by atoms with E-state index in [0.717, 1.165) is 12.1 Å². The Morgan fingerprint density at radius 1 is 1.16 bits per heavy atom. The van der Waals surface area contributed by atoms with E-state index in [1.54, 1.807) is 6.07 Å². The summed E-state index contributed by atoms with van der Waals surface area (Å²) in [5.74, 6) is 1.50. The fourth-order valence-corrected chi connectivity index (χ4v) is 1.57. The van der Waals surface area contributed by atoms with Crippen molar-refractivity contribution >= 4 is 5.82 Å². The minimum atomic E-state index is 0.411. The molecule has 100 valence electrons. The van der Waals surface area contributed by atoms with Gasteiger partial charge in [-0.2, -0.15) is 4.98 Å². The van der Waals surface area contributed by atoms with Crippen molar-refractivity contribution in [3.8, 4) is 17.3 Å². The quantitative estimate of drug-likeness (QED) is 0.883. The molecule has 0 aliphatic rings. The lowest BCUT2D eigenvalue weighted by molar-refractivity contribution is 0.254. The second-order valence-corrected chi connectivity index (χ2v) is 4.47. The van der Waals surface area contributed by atoms with E-state index in [0.29, 0.717) is 24.1 Å². The first-order valence-electron chi connectivity index (χ1n) is 6.12. The molecule has 0 atom stereocenters. The first-order chi connectivity index (χ1) is 9.15. The molecule has 2 N–H and O–H groups in total. The summed E-state index contributed by atoms with van der Waals surface area (Å²) in [6.07, 6.45) is 0. The summed E-state index contributed by atoms with van der Waals surface area (Å²) in [5.41, 5.74) is 6.71. The molecule has 1 heterocycles. The van der Waals surface area contributed by atoms with Gasteiger partial charge in [0, 0.05) is 18.2 Å². The highest BCUT2D eigenvalue weighted by Crippen LogP contribution is 2.19. The smallest absolute Gasteiger partial charge is 0.219 e. The molecular weight excluding hydrogens is 240 g/mol. The molecule has 0 fully saturated rings. The largest absolute Gasteiger partial charge is 0.476 e. The zero-order valence-electron chi connectivity index (χ0n) is 11.2. The molecule has 0 aliphatic carbocycles. The molecule has 5 heteroatoms. The lowest BCUT2D eigenvalue weighted by atomic mass is 10.2. The molecule has 0 unspecified atom stereocenters. The maximum Gasteiger partial charge on any atom is 0.219 e. The van der Waals surface area contributed by atoms with Gasteiger partial charge >= 0.3 is 0 Å². The maximum absolute atomic E-state index is 5.79. The van der Waals surface area contributed by atoms with Crippen LogP contribution in [0.25, 0.3) is 11.4 Å². The van der Waals surface area contributed by atoms with E-state index in [1.165, 1.54) is 0 Å². The highest BCUT2D eigenvalue weighted by atomic mass is 16.5. The highest BCUT2D eigenvalue weighted by molar-refractivity contribution is 5.57. The fraction of sp³-hybridized carbons (Fsp3) is 0.286. The van der Waals surface area contributed by atoms with Crippen molar-refractivity contribution in [3.63, 3.8) is 0 Å². The molecule has 0 saturated carbocycles. The van der Waals surface area contributed by atoms with Gasteiger partial charge in [-0.25, -0.2) is 4.98 Å². The number of anilines is 1. The number of nitrogens with zero attached hydrogens (tertiary/aromatic N) is 3. The Balaban J connectivity index is 2.16. The first-order valence-corrected chi connectivity index (χ1v) is 6.12. The van der Waals surface area contributed by atoms with E-state index < -0.39 is 0 Å². The average molecular weight is 258 g/mol. The predicted molar refractivity (Wildman–Crippen MR) is 75.9 cm³/mol. The van der Waals surface area contributed by atoms with E-state index in [1.807, 2.05) is 49.3 Å². The van der Waals surface area contributed by atoms with Crippen LogP contribution in [0, 0.1) is 0 Å². The third-order valence-corrected chi connectivity index (χ3v) is 2.54. The standard InChI is InChI=1S/C14H18N4O/c1-18(2)8-9-19-13-10-12(15)16-14(17-13)11-6-4-3-5-7-11/h3-7,10H,8-9H2,1-2H3,(H2,15,16,17). The minimum absolute atomic E-state index is 0.411. The van der Waals surface area contributed by atoms with Gasteiger partial charge < -0.3 is 15.4 Å². The van der Waals surface area contributed by atoms with Crippen LogP contribution in [0.3, 0.4) is 0 Å². The Kier molecular flexibility index (Phi) is 4.30. The molecule has 0 spiro atoms. The summed E-state index contributed by atoms with van der Waals surface area (Å²) in [6, 6.07) is 11.4. The Labute approximate surface area is 113 Å². The molecule has 0 bridgehead atoms. The number of rotatable bonds is 5. The summed E-state index contributed by atoms with van der Waals surface area (Å²) in [4.78, 5) is 10.6. The second-order valence-electron chi connectivity index (χ2n) is 4.47. The molecular formula is C14H18N4O. The van der Waals surface area contributed by atoms with Crippen LogP contribution in [-0.4, -0.2) is 42.1 Å². The number of nitrogen functional groups attached to an aromatic ring is 1. The van der Waals surface area contributed by atoms with E-state index in [2.05, 4.69) is 9.97 Å². The van der Waals surface area contributed by atoms with Crippen LogP contribution in [-0.2, 0) is 0 Å². The van der Waals surface area contributed by atoms with E-state index in [-0.39, 0.29) is 0 Å². The Bertz CT molecular complexity index is 528. The molecule has 2 aromatic rings. The number of aromatic nitrogens is 2. The zero-order valence-corrected chi connectivity index (χ0v) is 11.2. The van der Waals surface area contributed by atoms with Crippen LogP contribution in [0.4, 0.5) is 5.82 Å². The molecule has 1 aromatic heterocycles. The summed E-state index contributed by atoms with van der Waals surface area (Å²) in [6.45, 7) is 1.39. The van der Waals surface area contributed by atoms with Gasteiger partial charge in [-0.3, -0.25) is 0 Å². The van der Waals surface area contributed by atoms with Crippen molar-refractivity contribution in [2.24, 2.45) is 0 Å². The number of hydrogen-bond acceptors (Lipinski definition) is 5. The molecule has 0 aliphatic heterocycles. The monoisotopic (exact) mass is 258 g/mol. The van der Waals surface area contributed by atoms with Crippen LogP contribution in [0.15, 0.2) is 36.4 Å². The lowest BCUT2D eigenvalue weighted by Crippen LogP contribution is -2.19. The highest BCUT2D eigenvalue weighted by Gasteiger charge is 2.06. The summed E-state index contributed by atoms with van der Waals surface area (Å²) >= 11 is 0. The van der Waals surface area contributed by atoms with Crippen LogP contribution >= 0.6 is 0 Å². The Morgan fingerprint density at radius 2 is 1.89 bits per heavy atom. The SMILES string of the molecule is CN(C)CCOc1cc(N)nc(-c2ccccc2)n1. The average Bonchev–Trinajstić information content (AvgIpc) is 2.39. The number of benzene rings is 1. The normalized spacial score (nSPS) is 10.7. The predicted octanol–water partition coefficient (Wildman–Crippen LogP) is 1.67. The van der Waals surface area contributed by atoms with Gasteiger partial charge in [0.25, 0.3) is 0 Å². The van der Waals surface area contributed by atoms with Crippen molar-refractivity contribution in [1.29, 1.82) is 0 Å². The van der Waals surface area contributed by atoms with Gasteiger partial charge in [-0.15, -0.1) is 0 Å². The number of likely N-dealkylation sites (N-methyl/N-ethyl adjacent to an activating group) is 1. The molecule has 0 amide bonds. The zero-order chi connectivity index (χ0) is 13.7.